The molecule has 2 atom stereocenters. The highest BCUT2D eigenvalue weighted by Crippen LogP contribution is 2.11. The Bertz CT molecular complexity index is 313. The van der Waals surface area contributed by atoms with Gasteiger partial charge < -0.3 is 10.4 Å². The van der Waals surface area contributed by atoms with Crippen molar-refractivity contribution >= 4 is 11.6 Å². The molecular formula is C14H22ClNO. The molecule has 0 amide bonds. The largest absolute Gasteiger partial charge is 0.396 e. The SMILES string of the molecule is CC(CCCO)NC(C)Cc1ccc(Cl)cc1. The summed E-state index contributed by atoms with van der Waals surface area (Å²) in [7, 11) is 0. The van der Waals surface area contributed by atoms with Gasteiger partial charge in [-0.05, 0) is 50.8 Å². The van der Waals surface area contributed by atoms with Gasteiger partial charge in [0.15, 0.2) is 0 Å². The molecule has 0 saturated heterocycles. The number of halogens is 1. The van der Waals surface area contributed by atoms with Crippen molar-refractivity contribution < 1.29 is 5.11 Å². The second-order valence-corrected chi connectivity index (χ2v) is 5.10. The fourth-order valence-electron chi connectivity index (χ4n) is 2.00. The molecule has 0 radical (unpaired) electrons. The van der Waals surface area contributed by atoms with Crippen molar-refractivity contribution in [3.63, 3.8) is 0 Å². The van der Waals surface area contributed by atoms with Gasteiger partial charge in [0.25, 0.3) is 0 Å². The normalized spacial score (nSPS) is 14.6. The van der Waals surface area contributed by atoms with Crippen LogP contribution in [0.15, 0.2) is 24.3 Å². The first-order valence-electron chi connectivity index (χ1n) is 6.23. The Labute approximate surface area is 109 Å². The van der Waals surface area contributed by atoms with Gasteiger partial charge in [-0.2, -0.15) is 0 Å². The molecule has 0 heterocycles. The lowest BCUT2D eigenvalue weighted by molar-refractivity contribution is 0.274. The van der Waals surface area contributed by atoms with E-state index in [0.717, 1.165) is 24.3 Å². The van der Waals surface area contributed by atoms with E-state index in [-0.39, 0.29) is 6.61 Å². The van der Waals surface area contributed by atoms with Gasteiger partial charge in [0.1, 0.15) is 0 Å². The first kappa shape index (κ1) is 14.5. The summed E-state index contributed by atoms with van der Waals surface area (Å²) < 4.78 is 0. The lowest BCUT2D eigenvalue weighted by Crippen LogP contribution is -2.35. The summed E-state index contributed by atoms with van der Waals surface area (Å²) in [4.78, 5) is 0. The standard InChI is InChI=1S/C14H22ClNO/c1-11(4-3-9-17)16-12(2)10-13-5-7-14(15)8-6-13/h5-8,11-12,16-17H,3-4,9-10H2,1-2H3. The highest BCUT2D eigenvalue weighted by atomic mass is 35.5. The molecule has 0 bridgehead atoms. The van der Waals surface area contributed by atoms with Gasteiger partial charge in [-0.25, -0.2) is 0 Å². The van der Waals surface area contributed by atoms with Crippen LogP contribution in [0.3, 0.4) is 0 Å². The van der Waals surface area contributed by atoms with Gasteiger partial charge in [-0.3, -0.25) is 0 Å². The van der Waals surface area contributed by atoms with Crippen LogP contribution >= 0.6 is 11.6 Å². The first-order chi connectivity index (χ1) is 8.11. The molecule has 96 valence electrons. The summed E-state index contributed by atoms with van der Waals surface area (Å²) in [6, 6.07) is 8.88. The fourth-order valence-corrected chi connectivity index (χ4v) is 2.13. The molecule has 1 aromatic rings. The zero-order chi connectivity index (χ0) is 12.7. The summed E-state index contributed by atoms with van der Waals surface area (Å²) in [5.74, 6) is 0. The van der Waals surface area contributed by atoms with E-state index in [0.29, 0.717) is 12.1 Å². The van der Waals surface area contributed by atoms with Crippen LogP contribution in [-0.2, 0) is 6.42 Å². The Morgan fingerprint density at radius 1 is 1.18 bits per heavy atom. The number of benzene rings is 1. The molecule has 0 fully saturated rings. The van der Waals surface area contributed by atoms with Crippen molar-refractivity contribution in [3.8, 4) is 0 Å². The first-order valence-corrected chi connectivity index (χ1v) is 6.61. The smallest absolute Gasteiger partial charge is 0.0431 e. The predicted octanol–water partition coefficient (Wildman–Crippen LogP) is 3.02. The van der Waals surface area contributed by atoms with Gasteiger partial charge >= 0.3 is 0 Å². The molecule has 2 nitrogen and oxygen atoms in total. The second-order valence-electron chi connectivity index (χ2n) is 4.67. The minimum absolute atomic E-state index is 0.275. The van der Waals surface area contributed by atoms with Crippen LogP contribution in [-0.4, -0.2) is 23.8 Å². The Morgan fingerprint density at radius 3 is 2.41 bits per heavy atom. The van der Waals surface area contributed by atoms with Crippen LogP contribution in [0.4, 0.5) is 0 Å². The quantitative estimate of drug-likeness (QED) is 0.785. The Balaban J connectivity index is 2.33. The van der Waals surface area contributed by atoms with E-state index in [1.165, 1.54) is 5.56 Å². The van der Waals surface area contributed by atoms with Crippen LogP contribution in [0.5, 0.6) is 0 Å². The summed E-state index contributed by atoms with van der Waals surface area (Å²) in [6.07, 6.45) is 2.88. The molecule has 0 aromatic heterocycles. The molecule has 1 aromatic carbocycles. The van der Waals surface area contributed by atoms with Gasteiger partial charge in [-0.1, -0.05) is 23.7 Å². The zero-order valence-electron chi connectivity index (χ0n) is 10.6. The van der Waals surface area contributed by atoms with E-state index in [1.807, 2.05) is 12.1 Å². The van der Waals surface area contributed by atoms with Crippen molar-refractivity contribution in [2.75, 3.05) is 6.61 Å². The number of rotatable bonds is 7. The molecule has 3 heteroatoms. The molecule has 0 aliphatic heterocycles. The summed E-state index contributed by atoms with van der Waals surface area (Å²) >= 11 is 5.85. The van der Waals surface area contributed by atoms with Crippen LogP contribution < -0.4 is 5.32 Å². The van der Waals surface area contributed by atoms with Crippen LogP contribution in [0, 0.1) is 0 Å². The van der Waals surface area contributed by atoms with Crippen molar-refractivity contribution in [2.45, 2.75) is 45.2 Å². The maximum atomic E-state index is 8.77. The fraction of sp³-hybridized carbons (Fsp3) is 0.571. The molecule has 1 rings (SSSR count). The monoisotopic (exact) mass is 255 g/mol. The second kappa shape index (κ2) is 7.70. The van der Waals surface area contributed by atoms with E-state index in [4.69, 9.17) is 16.7 Å². The Hall–Kier alpha value is -0.570. The van der Waals surface area contributed by atoms with Gasteiger partial charge in [0, 0.05) is 23.7 Å². The maximum absolute atomic E-state index is 8.77. The van der Waals surface area contributed by atoms with Crippen LogP contribution in [0.1, 0.15) is 32.3 Å². The van der Waals surface area contributed by atoms with Crippen molar-refractivity contribution in [2.24, 2.45) is 0 Å². The van der Waals surface area contributed by atoms with Crippen molar-refractivity contribution in [1.29, 1.82) is 0 Å². The van der Waals surface area contributed by atoms with Crippen molar-refractivity contribution in [1.82, 2.24) is 5.32 Å². The molecule has 17 heavy (non-hydrogen) atoms. The number of hydrogen-bond donors (Lipinski definition) is 2. The summed E-state index contributed by atoms with van der Waals surface area (Å²) in [5, 5.41) is 13.1. The van der Waals surface area contributed by atoms with E-state index in [9.17, 15) is 0 Å². The number of aliphatic hydroxyl groups excluding tert-OH is 1. The third-order valence-electron chi connectivity index (χ3n) is 2.82. The molecule has 2 unspecified atom stereocenters. The van der Waals surface area contributed by atoms with Gasteiger partial charge in [0.2, 0.25) is 0 Å². The van der Waals surface area contributed by atoms with E-state index >= 15 is 0 Å². The number of nitrogens with one attached hydrogen (secondary N) is 1. The Kier molecular flexibility index (Phi) is 6.56. The predicted molar refractivity (Wildman–Crippen MR) is 73.5 cm³/mol. The summed E-state index contributed by atoms with van der Waals surface area (Å²) in [6.45, 7) is 4.62. The van der Waals surface area contributed by atoms with Crippen molar-refractivity contribution in [3.05, 3.63) is 34.9 Å². The lowest BCUT2D eigenvalue weighted by atomic mass is 10.1. The van der Waals surface area contributed by atoms with Crippen LogP contribution in [0.25, 0.3) is 0 Å². The highest BCUT2D eigenvalue weighted by molar-refractivity contribution is 6.30. The molecule has 2 N–H and O–H groups in total. The molecule has 0 spiro atoms. The summed E-state index contributed by atoms with van der Waals surface area (Å²) in [5.41, 5.74) is 1.30. The molecule has 0 aliphatic rings. The average Bonchev–Trinajstić information content (AvgIpc) is 2.29. The van der Waals surface area contributed by atoms with Gasteiger partial charge in [-0.15, -0.1) is 0 Å². The third-order valence-corrected chi connectivity index (χ3v) is 3.07. The number of hydrogen-bond acceptors (Lipinski definition) is 2. The maximum Gasteiger partial charge on any atom is 0.0431 e. The molecule has 0 saturated carbocycles. The van der Waals surface area contributed by atoms with Gasteiger partial charge in [0.05, 0.1) is 0 Å². The number of aliphatic hydroxyl groups is 1. The third kappa shape index (κ3) is 6.06. The Morgan fingerprint density at radius 2 is 1.82 bits per heavy atom. The van der Waals surface area contributed by atoms with E-state index in [2.05, 4.69) is 31.3 Å². The van der Waals surface area contributed by atoms with E-state index in [1.54, 1.807) is 0 Å². The average molecular weight is 256 g/mol. The van der Waals surface area contributed by atoms with Crippen LogP contribution in [0.2, 0.25) is 5.02 Å². The topological polar surface area (TPSA) is 32.3 Å². The highest BCUT2D eigenvalue weighted by Gasteiger charge is 2.07. The minimum Gasteiger partial charge on any atom is -0.396 e. The minimum atomic E-state index is 0.275. The van der Waals surface area contributed by atoms with E-state index < -0.39 is 0 Å². The lowest BCUT2D eigenvalue weighted by Gasteiger charge is -2.19. The zero-order valence-corrected chi connectivity index (χ0v) is 11.4. The molecular weight excluding hydrogens is 234 g/mol. The molecule has 0 aliphatic carbocycles.